The smallest absolute Gasteiger partial charge is 0.216 e. The molecule has 0 atom stereocenters. The molecule has 0 fully saturated rings. The van der Waals surface area contributed by atoms with E-state index in [1.807, 2.05) is 55.5 Å². The Hall–Kier alpha value is -3.90. The Morgan fingerprint density at radius 2 is 1.70 bits per heavy atom. The Bertz CT molecular complexity index is 2160. The summed E-state index contributed by atoms with van der Waals surface area (Å²) in [7, 11) is -1.34. The molecule has 0 aliphatic heterocycles. The molecule has 3 aromatic carbocycles. The number of rotatable bonds is 6. The minimum atomic E-state index is -1.34. The fraction of sp³-hybridized carbons (Fsp3) is 0.275. The topological polar surface area (TPSA) is 56.7 Å². The number of fused-ring (bicyclic) bond motifs is 4. The van der Waals surface area contributed by atoms with Gasteiger partial charge in [-0.25, -0.2) is 4.98 Å². The largest absolute Gasteiger partial charge is 0.486 e. The molecule has 0 unspecified atom stereocenters. The zero-order chi connectivity index (χ0) is 32.6. The standard InChI is InChI=1S/C22H18N3O.C18H24NSi.Ir/c1-4-25-18-8-6-5-7-17(18)24-21(25)16-11-9-13(2)19-15-12-10-14(3)23-22(15)26-20(16)19;1-14(2)11-16-12-17(15-9-7-6-8-10-15)19-13-18(16)20(3,4)5;/h5-10,12H,4H2,1-3H3;6-9,12-14H,11H2,1-5H3;/q2*-1;. The Labute approximate surface area is 292 Å². The summed E-state index contributed by atoms with van der Waals surface area (Å²) in [5.41, 5.74) is 10.1. The first-order chi connectivity index (χ1) is 22.0. The summed E-state index contributed by atoms with van der Waals surface area (Å²) in [5, 5.41) is 3.62. The molecule has 1 radical (unpaired) electrons. The normalized spacial score (nSPS) is 11.6. The van der Waals surface area contributed by atoms with Crippen LogP contribution in [0.25, 0.3) is 55.7 Å². The summed E-state index contributed by atoms with van der Waals surface area (Å²) in [4.78, 5) is 14.1. The zero-order valence-corrected chi connectivity index (χ0v) is 31.9. The molecule has 0 saturated carbocycles. The van der Waals surface area contributed by atoms with E-state index in [9.17, 15) is 0 Å². The van der Waals surface area contributed by atoms with Crippen LogP contribution in [0.3, 0.4) is 0 Å². The van der Waals surface area contributed by atoms with Gasteiger partial charge in [0, 0.05) is 43.9 Å². The average Bonchev–Trinajstić information content (AvgIpc) is 3.60. The van der Waals surface area contributed by atoms with Crippen molar-refractivity contribution < 1.29 is 24.5 Å². The first kappa shape index (κ1) is 34.4. The van der Waals surface area contributed by atoms with Crippen LogP contribution in [0.1, 0.15) is 37.6 Å². The molecule has 0 spiro atoms. The third kappa shape index (κ3) is 7.03. The maximum Gasteiger partial charge on any atom is 0.216 e. The third-order valence-electron chi connectivity index (χ3n) is 8.35. The number of pyridine rings is 2. The van der Waals surface area contributed by atoms with Crippen molar-refractivity contribution in [2.45, 2.75) is 67.2 Å². The van der Waals surface area contributed by atoms with E-state index in [-0.39, 0.29) is 20.1 Å². The summed E-state index contributed by atoms with van der Waals surface area (Å²) in [6.45, 7) is 18.8. The zero-order valence-electron chi connectivity index (χ0n) is 28.5. The first-order valence-electron chi connectivity index (χ1n) is 16.2. The molecule has 4 aromatic heterocycles. The molecule has 0 N–H and O–H groups in total. The van der Waals surface area contributed by atoms with Crippen molar-refractivity contribution >= 4 is 46.4 Å². The van der Waals surface area contributed by atoms with Crippen LogP contribution in [0.5, 0.6) is 0 Å². The quantitative estimate of drug-likeness (QED) is 0.124. The predicted molar refractivity (Wildman–Crippen MR) is 194 cm³/mol. The second-order valence-corrected chi connectivity index (χ2v) is 18.5. The minimum Gasteiger partial charge on any atom is -0.486 e. The van der Waals surface area contributed by atoms with Crippen LogP contribution >= 0.6 is 0 Å². The van der Waals surface area contributed by atoms with Crippen LogP contribution in [-0.4, -0.2) is 27.6 Å². The molecule has 243 valence electrons. The van der Waals surface area contributed by atoms with Crippen LogP contribution in [0.4, 0.5) is 0 Å². The fourth-order valence-corrected chi connectivity index (χ4v) is 7.78. The van der Waals surface area contributed by atoms with Gasteiger partial charge in [0.2, 0.25) is 5.71 Å². The van der Waals surface area contributed by atoms with Crippen molar-refractivity contribution in [1.29, 1.82) is 0 Å². The van der Waals surface area contributed by atoms with Crippen LogP contribution in [0.2, 0.25) is 19.6 Å². The minimum absolute atomic E-state index is 0. The number of aromatic nitrogens is 4. The van der Waals surface area contributed by atoms with Crippen molar-refractivity contribution in [3.8, 4) is 22.6 Å². The van der Waals surface area contributed by atoms with E-state index in [0.717, 1.165) is 74.3 Å². The van der Waals surface area contributed by atoms with Gasteiger partial charge in [-0.15, -0.1) is 53.6 Å². The molecule has 7 heteroatoms. The number of para-hydroxylation sites is 2. The SMILES string of the molecule is CC(C)Cc1cc(-c2[c-]cccc2)ncc1[Si](C)(C)C.CCn1c(-c2[c-]cc(C)c3c2oc2nc(C)ccc23)nc2ccccc21.[Ir]. The van der Waals surface area contributed by atoms with E-state index in [4.69, 9.17) is 9.40 Å². The summed E-state index contributed by atoms with van der Waals surface area (Å²) in [6, 6.07) is 31.4. The van der Waals surface area contributed by atoms with Gasteiger partial charge < -0.3 is 14.0 Å². The Balaban J connectivity index is 0.000000188. The molecular formula is C40H42IrN4OSi-2. The maximum absolute atomic E-state index is 6.20. The van der Waals surface area contributed by atoms with Gasteiger partial charge >= 0.3 is 0 Å². The molecule has 47 heavy (non-hydrogen) atoms. The molecule has 0 aliphatic rings. The van der Waals surface area contributed by atoms with Crippen LogP contribution in [-0.2, 0) is 33.1 Å². The predicted octanol–water partition coefficient (Wildman–Crippen LogP) is 9.72. The Kier molecular flexibility index (Phi) is 10.3. The molecule has 5 nitrogen and oxygen atoms in total. The van der Waals surface area contributed by atoms with Gasteiger partial charge in [-0.1, -0.05) is 75.1 Å². The molecule has 0 saturated heterocycles. The van der Waals surface area contributed by atoms with Crippen LogP contribution in [0, 0.1) is 31.9 Å². The summed E-state index contributed by atoms with van der Waals surface area (Å²) < 4.78 is 8.41. The molecular weight excluding hydrogens is 773 g/mol. The Morgan fingerprint density at radius 3 is 2.40 bits per heavy atom. The van der Waals surface area contributed by atoms with Crippen LogP contribution in [0.15, 0.2) is 83.4 Å². The van der Waals surface area contributed by atoms with E-state index in [0.29, 0.717) is 11.6 Å². The second-order valence-electron chi connectivity index (χ2n) is 13.5. The monoisotopic (exact) mass is 815 g/mol. The molecule has 0 aliphatic carbocycles. The number of furan rings is 1. The summed E-state index contributed by atoms with van der Waals surface area (Å²) in [5.74, 6) is 1.55. The van der Waals surface area contributed by atoms with E-state index in [2.05, 4.69) is 104 Å². The molecule has 4 heterocycles. The van der Waals surface area contributed by atoms with Crippen LogP contribution < -0.4 is 5.19 Å². The van der Waals surface area contributed by atoms with E-state index in [1.54, 1.807) is 0 Å². The first-order valence-corrected chi connectivity index (χ1v) is 19.7. The molecule has 7 rings (SSSR count). The summed E-state index contributed by atoms with van der Waals surface area (Å²) >= 11 is 0. The van der Waals surface area contributed by atoms with E-state index < -0.39 is 8.07 Å². The fourth-order valence-electron chi connectivity index (χ4n) is 6.19. The molecule has 7 aromatic rings. The van der Waals surface area contributed by atoms with Gasteiger partial charge in [-0.2, -0.15) is 0 Å². The van der Waals surface area contributed by atoms with E-state index >= 15 is 0 Å². The third-order valence-corrected chi connectivity index (χ3v) is 10.4. The van der Waals surface area contributed by atoms with Gasteiger partial charge in [-0.05, 0) is 61.3 Å². The van der Waals surface area contributed by atoms with Crippen molar-refractivity contribution in [3.63, 3.8) is 0 Å². The number of imidazole rings is 1. The number of nitrogens with zero attached hydrogens (tertiary/aromatic N) is 4. The molecule has 0 bridgehead atoms. The number of hydrogen-bond donors (Lipinski definition) is 0. The van der Waals surface area contributed by atoms with Gasteiger partial charge in [0.15, 0.2) is 0 Å². The average molecular weight is 815 g/mol. The Morgan fingerprint density at radius 1 is 0.936 bits per heavy atom. The maximum atomic E-state index is 6.20. The van der Waals surface area contributed by atoms with Crippen molar-refractivity contribution in [2.75, 3.05) is 0 Å². The van der Waals surface area contributed by atoms with Gasteiger partial charge in [0.25, 0.3) is 0 Å². The summed E-state index contributed by atoms with van der Waals surface area (Å²) in [6.07, 6.45) is 3.24. The van der Waals surface area contributed by atoms with E-state index in [1.165, 1.54) is 10.8 Å². The van der Waals surface area contributed by atoms with Crippen molar-refractivity contribution in [1.82, 2.24) is 19.5 Å². The number of aryl methyl sites for hydroxylation is 3. The van der Waals surface area contributed by atoms with Crippen molar-refractivity contribution in [2.24, 2.45) is 5.92 Å². The van der Waals surface area contributed by atoms with Crippen molar-refractivity contribution in [3.05, 3.63) is 108 Å². The number of hydrogen-bond acceptors (Lipinski definition) is 4. The number of benzene rings is 3. The molecule has 0 amide bonds. The van der Waals surface area contributed by atoms with Gasteiger partial charge in [0.1, 0.15) is 0 Å². The van der Waals surface area contributed by atoms with Gasteiger partial charge in [-0.3, -0.25) is 4.98 Å². The van der Waals surface area contributed by atoms with Gasteiger partial charge in [0.05, 0.1) is 30.5 Å². The second kappa shape index (κ2) is 14.1.